The molecule has 0 atom stereocenters. The monoisotopic (exact) mass is 511 g/mol. The molecule has 0 bridgehead atoms. The van der Waals surface area contributed by atoms with Gasteiger partial charge >= 0.3 is 0 Å². The maximum Gasteiger partial charge on any atom is 0.225 e. The molecule has 0 unspecified atom stereocenters. The van der Waals surface area contributed by atoms with Crippen molar-refractivity contribution in [2.45, 2.75) is 0 Å². The van der Waals surface area contributed by atoms with Gasteiger partial charge in [-0.2, -0.15) is 0 Å². The van der Waals surface area contributed by atoms with Crippen molar-refractivity contribution in [3.05, 3.63) is 79.4 Å². The minimum atomic E-state index is 0. The summed E-state index contributed by atoms with van der Waals surface area (Å²) in [7, 11) is 0. The summed E-state index contributed by atoms with van der Waals surface area (Å²) in [6, 6.07) is 18.1. The minimum Gasteiger partial charge on any atom is -0.351 e. The highest BCUT2D eigenvalue weighted by atomic mass is 79.9. The molecule has 4 heterocycles. The molecule has 0 radical (unpaired) electrons. The Bertz CT molecular complexity index is 1110. The van der Waals surface area contributed by atoms with Crippen LogP contribution in [0.25, 0.3) is 22.4 Å². The van der Waals surface area contributed by atoms with Crippen LogP contribution in [0, 0.1) is 0 Å². The van der Waals surface area contributed by atoms with Crippen LogP contribution in [0.2, 0.25) is 0 Å². The van der Waals surface area contributed by atoms with E-state index in [0.717, 1.165) is 60.3 Å². The average molecular weight is 513 g/mol. The van der Waals surface area contributed by atoms with E-state index in [4.69, 9.17) is 0 Å². The molecule has 164 valence electrons. The zero-order valence-electron chi connectivity index (χ0n) is 17.3. The Morgan fingerprint density at radius 3 is 2.00 bits per heavy atom. The van der Waals surface area contributed by atoms with Crippen LogP contribution in [0.4, 0.5) is 11.8 Å². The molecule has 1 aromatic carbocycles. The molecule has 1 fully saturated rings. The van der Waals surface area contributed by atoms with Gasteiger partial charge in [-0.1, -0.05) is 30.3 Å². The molecular formula is C23H23BrClN7. The first-order valence-electron chi connectivity index (χ1n) is 9.99. The highest BCUT2D eigenvalue weighted by Gasteiger charge is 2.23. The third-order valence-corrected chi connectivity index (χ3v) is 5.25. The summed E-state index contributed by atoms with van der Waals surface area (Å²) in [5.74, 6) is 1.67. The van der Waals surface area contributed by atoms with Gasteiger partial charge in [0.1, 0.15) is 0 Å². The van der Waals surface area contributed by atoms with E-state index in [1.165, 1.54) is 0 Å². The van der Waals surface area contributed by atoms with Crippen LogP contribution in [0.1, 0.15) is 0 Å². The number of benzene rings is 1. The fourth-order valence-electron chi connectivity index (χ4n) is 3.69. The minimum absolute atomic E-state index is 0. The second kappa shape index (κ2) is 11.0. The Balaban J connectivity index is 0.00000144. The molecule has 0 spiro atoms. The third kappa shape index (κ3) is 5.03. The van der Waals surface area contributed by atoms with E-state index in [2.05, 4.69) is 53.1 Å². The van der Waals surface area contributed by atoms with E-state index in [1.54, 1.807) is 12.4 Å². The maximum absolute atomic E-state index is 4.66. The van der Waals surface area contributed by atoms with Crippen LogP contribution < -0.4 is 9.80 Å². The molecule has 9 heteroatoms. The van der Waals surface area contributed by atoms with Crippen LogP contribution in [-0.2, 0) is 0 Å². The standard InChI is InChI=1S/C23H21N7.BrH.ClH/c1-2-5-19(6-3-1)21-17-20(18-7-11-24-12-8-18)22(28-27-21)29-13-15-30(16-14-29)23-25-9-4-10-26-23;;/h1-12,17H,13-16H2;2*1H. The molecule has 0 amide bonds. The maximum atomic E-state index is 4.66. The van der Waals surface area contributed by atoms with Crippen molar-refractivity contribution in [3.63, 3.8) is 0 Å². The van der Waals surface area contributed by atoms with Gasteiger partial charge in [0.05, 0.1) is 5.69 Å². The van der Waals surface area contributed by atoms with Gasteiger partial charge in [-0.15, -0.1) is 39.6 Å². The van der Waals surface area contributed by atoms with Crippen LogP contribution in [0.5, 0.6) is 0 Å². The molecule has 1 aliphatic rings. The van der Waals surface area contributed by atoms with Crippen LogP contribution in [-0.4, -0.2) is 51.3 Å². The largest absolute Gasteiger partial charge is 0.351 e. The van der Waals surface area contributed by atoms with E-state index in [0.29, 0.717) is 0 Å². The van der Waals surface area contributed by atoms with Crippen LogP contribution in [0.15, 0.2) is 79.4 Å². The quantitative estimate of drug-likeness (QED) is 0.403. The van der Waals surface area contributed by atoms with Crippen molar-refractivity contribution in [3.8, 4) is 22.4 Å². The molecule has 3 aromatic heterocycles. The average Bonchev–Trinajstić information content (AvgIpc) is 2.85. The summed E-state index contributed by atoms with van der Waals surface area (Å²) in [5.41, 5.74) is 4.07. The molecule has 0 saturated carbocycles. The molecular weight excluding hydrogens is 490 g/mol. The topological polar surface area (TPSA) is 70.9 Å². The number of hydrogen-bond acceptors (Lipinski definition) is 7. The number of halogens is 2. The van der Waals surface area contributed by atoms with Crippen molar-refractivity contribution in [2.24, 2.45) is 0 Å². The van der Waals surface area contributed by atoms with Gasteiger partial charge in [-0.05, 0) is 29.8 Å². The lowest BCUT2D eigenvalue weighted by atomic mass is 10.0. The number of piperazine rings is 1. The Hall–Kier alpha value is -3.10. The Morgan fingerprint density at radius 1 is 0.656 bits per heavy atom. The summed E-state index contributed by atoms with van der Waals surface area (Å²) < 4.78 is 0. The number of pyridine rings is 1. The lowest BCUT2D eigenvalue weighted by molar-refractivity contribution is 0.632. The zero-order valence-corrected chi connectivity index (χ0v) is 19.8. The zero-order chi connectivity index (χ0) is 20.2. The first-order chi connectivity index (χ1) is 14.9. The molecule has 0 N–H and O–H groups in total. The lowest BCUT2D eigenvalue weighted by Crippen LogP contribution is -2.47. The molecule has 4 aromatic rings. The predicted molar refractivity (Wildman–Crippen MR) is 135 cm³/mol. The summed E-state index contributed by atoms with van der Waals surface area (Å²) in [5, 5.41) is 9.20. The fourth-order valence-corrected chi connectivity index (χ4v) is 3.69. The summed E-state index contributed by atoms with van der Waals surface area (Å²) >= 11 is 0. The SMILES string of the molecule is Br.Cl.c1ccc(-c2cc(-c3ccncc3)c(N3CCN(c4ncccn4)CC3)nn2)cc1. The highest BCUT2D eigenvalue weighted by molar-refractivity contribution is 8.93. The molecule has 1 saturated heterocycles. The second-order valence-corrected chi connectivity index (χ2v) is 7.09. The molecule has 7 nitrogen and oxygen atoms in total. The van der Waals surface area contributed by atoms with Gasteiger partial charge in [0.2, 0.25) is 5.95 Å². The Labute approximate surface area is 203 Å². The molecule has 5 rings (SSSR count). The summed E-state index contributed by atoms with van der Waals surface area (Å²) in [6.45, 7) is 3.33. The second-order valence-electron chi connectivity index (χ2n) is 7.09. The van der Waals surface area contributed by atoms with E-state index in [1.807, 2.05) is 48.8 Å². The number of rotatable bonds is 4. The number of nitrogens with zero attached hydrogens (tertiary/aromatic N) is 7. The van der Waals surface area contributed by atoms with Gasteiger partial charge in [0, 0.05) is 62.1 Å². The van der Waals surface area contributed by atoms with Gasteiger partial charge in [0.15, 0.2) is 5.82 Å². The van der Waals surface area contributed by atoms with E-state index in [9.17, 15) is 0 Å². The van der Waals surface area contributed by atoms with Crippen LogP contribution in [0.3, 0.4) is 0 Å². The van der Waals surface area contributed by atoms with Gasteiger partial charge in [-0.3, -0.25) is 4.98 Å². The summed E-state index contributed by atoms with van der Waals surface area (Å²) in [6.07, 6.45) is 7.19. The van der Waals surface area contributed by atoms with E-state index >= 15 is 0 Å². The molecule has 1 aliphatic heterocycles. The van der Waals surface area contributed by atoms with Crippen molar-refractivity contribution in [1.29, 1.82) is 0 Å². The Morgan fingerprint density at radius 2 is 1.31 bits per heavy atom. The lowest BCUT2D eigenvalue weighted by Gasteiger charge is -2.36. The summed E-state index contributed by atoms with van der Waals surface area (Å²) in [4.78, 5) is 17.4. The van der Waals surface area contributed by atoms with E-state index in [-0.39, 0.29) is 29.4 Å². The Kier molecular flexibility index (Phi) is 8.08. The predicted octanol–water partition coefficient (Wildman–Crippen LogP) is 4.32. The first-order valence-corrected chi connectivity index (χ1v) is 9.99. The smallest absolute Gasteiger partial charge is 0.225 e. The fraction of sp³-hybridized carbons (Fsp3) is 0.174. The number of anilines is 2. The van der Waals surface area contributed by atoms with Gasteiger partial charge in [0.25, 0.3) is 0 Å². The van der Waals surface area contributed by atoms with Crippen molar-refractivity contribution < 1.29 is 0 Å². The number of hydrogen-bond donors (Lipinski definition) is 0. The van der Waals surface area contributed by atoms with E-state index < -0.39 is 0 Å². The van der Waals surface area contributed by atoms with Crippen molar-refractivity contribution in [2.75, 3.05) is 36.0 Å². The third-order valence-electron chi connectivity index (χ3n) is 5.25. The van der Waals surface area contributed by atoms with Gasteiger partial charge in [-0.25, -0.2) is 9.97 Å². The molecule has 0 aliphatic carbocycles. The number of aromatic nitrogens is 5. The van der Waals surface area contributed by atoms with Crippen LogP contribution >= 0.6 is 29.4 Å². The van der Waals surface area contributed by atoms with Gasteiger partial charge < -0.3 is 9.80 Å². The molecule has 32 heavy (non-hydrogen) atoms. The highest BCUT2D eigenvalue weighted by Crippen LogP contribution is 2.32. The van der Waals surface area contributed by atoms with Crippen molar-refractivity contribution >= 4 is 41.2 Å². The normalized spacial score (nSPS) is 13.1. The first kappa shape index (κ1) is 23.6. The van der Waals surface area contributed by atoms with Crippen molar-refractivity contribution in [1.82, 2.24) is 25.1 Å².